The number of rotatable bonds is 4. The van der Waals surface area contributed by atoms with Crippen molar-refractivity contribution in [1.29, 1.82) is 0 Å². The number of hydrogen-bond acceptors (Lipinski definition) is 5. The van der Waals surface area contributed by atoms with E-state index in [1.165, 1.54) is 6.33 Å². The molecule has 0 amide bonds. The number of fused-ring (bicyclic) bond motifs is 1. The molecule has 1 aliphatic carbocycles. The Balaban J connectivity index is 1.82. The smallest absolute Gasteiger partial charge is 0.325 e. The lowest BCUT2D eigenvalue weighted by Gasteiger charge is -2.00. The van der Waals surface area contributed by atoms with Gasteiger partial charge in [0.2, 0.25) is 5.95 Å². The zero-order valence-corrected chi connectivity index (χ0v) is 11.8. The summed E-state index contributed by atoms with van der Waals surface area (Å²) in [5, 5.41) is 0. The summed E-state index contributed by atoms with van der Waals surface area (Å²) in [5.74, 6) is 0.177. The van der Waals surface area contributed by atoms with Gasteiger partial charge in [-0.2, -0.15) is 4.98 Å². The molecule has 1 unspecified atom stereocenters. The minimum Gasteiger partial charge on any atom is -0.369 e. The summed E-state index contributed by atoms with van der Waals surface area (Å²) in [4.78, 5) is 39.7. The van der Waals surface area contributed by atoms with Crippen LogP contribution in [0.25, 0.3) is 17.4 Å². The molecule has 1 fully saturated rings. The monoisotopic (exact) mass is 311 g/mol. The average molecular weight is 311 g/mol. The van der Waals surface area contributed by atoms with Gasteiger partial charge in [0.25, 0.3) is 5.56 Å². The highest BCUT2D eigenvalue weighted by molar-refractivity contribution is 7.51. The van der Waals surface area contributed by atoms with Crippen molar-refractivity contribution in [2.45, 2.75) is 12.8 Å². The van der Waals surface area contributed by atoms with Gasteiger partial charge in [-0.15, -0.1) is 0 Å². The highest BCUT2D eigenvalue weighted by Crippen LogP contribution is 2.46. The largest absolute Gasteiger partial charge is 0.369 e. The van der Waals surface area contributed by atoms with Gasteiger partial charge in [-0.25, -0.2) is 4.98 Å². The fraction of sp³-hybridized carbons (Fsp3) is 0.364. The van der Waals surface area contributed by atoms with Gasteiger partial charge >= 0.3 is 7.60 Å². The Morgan fingerprint density at radius 1 is 1.57 bits per heavy atom. The number of nitrogen functional groups attached to an aromatic ring is 1. The number of H-pyrrole nitrogens is 1. The van der Waals surface area contributed by atoms with Crippen LogP contribution in [0.3, 0.4) is 0 Å². The molecule has 0 saturated heterocycles. The molecule has 0 bridgehead atoms. The number of nitrogens with two attached hydrogens (primary N) is 1. The van der Waals surface area contributed by atoms with Gasteiger partial charge < -0.3 is 15.5 Å². The molecule has 21 heavy (non-hydrogen) atoms. The maximum atomic E-state index is 11.6. The first-order chi connectivity index (χ1) is 9.83. The number of anilines is 1. The third-order valence-electron chi connectivity index (χ3n) is 3.37. The second kappa shape index (κ2) is 4.80. The van der Waals surface area contributed by atoms with E-state index in [9.17, 15) is 9.36 Å². The Labute approximate surface area is 118 Å². The molecular weight excluding hydrogens is 297 g/mol. The van der Waals surface area contributed by atoms with Crippen LogP contribution in [0.1, 0.15) is 12.8 Å². The summed E-state index contributed by atoms with van der Waals surface area (Å²) in [6.45, 7) is 0. The molecule has 9 nitrogen and oxygen atoms in total. The Morgan fingerprint density at radius 3 is 3.05 bits per heavy atom. The van der Waals surface area contributed by atoms with E-state index in [2.05, 4.69) is 15.0 Å². The zero-order chi connectivity index (χ0) is 15.2. The fourth-order valence-electron chi connectivity index (χ4n) is 2.21. The fourth-order valence-corrected chi connectivity index (χ4v) is 2.86. The Hall–Kier alpha value is -1.96. The normalized spacial score (nSPS) is 20.3. The third kappa shape index (κ3) is 3.05. The van der Waals surface area contributed by atoms with Crippen LogP contribution in [0.15, 0.2) is 16.7 Å². The molecule has 1 saturated carbocycles. The number of nitrogens with zero attached hydrogens (tertiary/aromatic N) is 3. The summed E-state index contributed by atoms with van der Waals surface area (Å²) in [6, 6.07) is 0. The summed E-state index contributed by atoms with van der Waals surface area (Å²) in [7, 11) is -3.95. The highest BCUT2D eigenvalue weighted by Gasteiger charge is 2.31. The van der Waals surface area contributed by atoms with E-state index in [-0.39, 0.29) is 23.5 Å². The molecule has 10 heteroatoms. The van der Waals surface area contributed by atoms with Gasteiger partial charge in [-0.05, 0) is 24.3 Å². The minimum atomic E-state index is -3.95. The van der Waals surface area contributed by atoms with Crippen molar-refractivity contribution in [3.8, 4) is 0 Å². The van der Waals surface area contributed by atoms with E-state index >= 15 is 0 Å². The van der Waals surface area contributed by atoms with Crippen LogP contribution in [0.2, 0.25) is 0 Å². The zero-order valence-electron chi connectivity index (χ0n) is 10.9. The van der Waals surface area contributed by atoms with Crippen LogP contribution in [-0.4, -0.2) is 35.5 Å². The summed E-state index contributed by atoms with van der Waals surface area (Å²) < 4.78 is 12.4. The number of aromatic nitrogens is 4. The van der Waals surface area contributed by atoms with Crippen LogP contribution in [0.4, 0.5) is 5.95 Å². The van der Waals surface area contributed by atoms with Crippen LogP contribution >= 0.6 is 7.60 Å². The van der Waals surface area contributed by atoms with E-state index in [0.717, 1.165) is 12.0 Å². The topological polar surface area (TPSA) is 147 Å². The van der Waals surface area contributed by atoms with Gasteiger partial charge in [-0.1, -0.05) is 0 Å². The van der Waals surface area contributed by atoms with E-state index in [1.54, 1.807) is 10.8 Å². The van der Waals surface area contributed by atoms with Crippen molar-refractivity contribution in [1.82, 2.24) is 19.5 Å². The van der Waals surface area contributed by atoms with Crippen molar-refractivity contribution in [3.05, 3.63) is 22.3 Å². The Morgan fingerprint density at radius 2 is 2.33 bits per heavy atom. The second-order valence-corrected chi connectivity index (χ2v) is 6.83. The molecule has 112 valence electrons. The molecule has 3 rings (SSSR count). The van der Waals surface area contributed by atoms with Crippen molar-refractivity contribution in [2.24, 2.45) is 5.92 Å². The number of nitrogens with one attached hydrogen (secondary N) is 1. The quantitative estimate of drug-likeness (QED) is 0.587. The first-order valence-electron chi connectivity index (χ1n) is 6.31. The number of allylic oxidation sites excluding steroid dienone is 1. The van der Waals surface area contributed by atoms with Crippen LogP contribution in [0.5, 0.6) is 0 Å². The molecule has 2 aromatic heterocycles. The predicted octanol–water partition coefficient (Wildman–Crippen LogP) is 0.130. The maximum Gasteiger partial charge on any atom is 0.325 e. The molecule has 2 aromatic rings. The lowest BCUT2D eigenvalue weighted by molar-refractivity contribution is 0.370. The third-order valence-corrected chi connectivity index (χ3v) is 4.21. The number of aromatic amines is 1. The first kappa shape index (κ1) is 14.0. The van der Waals surface area contributed by atoms with Crippen molar-refractivity contribution < 1.29 is 14.4 Å². The highest BCUT2D eigenvalue weighted by atomic mass is 31.2. The van der Waals surface area contributed by atoms with Gasteiger partial charge in [0, 0.05) is 6.20 Å². The van der Waals surface area contributed by atoms with Gasteiger partial charge in [-0.3, -0.25) is 18.9 Å². The van der Waals surface area contributed by atoms with Crippen LogP contribution in [-0.2, 0) is 4.57 Å². The van der Waals surface area contributed by atoms with E-state index < -0.39 is 13.2 Å². The lowest BCUT2D eigenvalue weighted by atomic mass is 10.3. The molecule has 2 heterocycles. The van der Waals surface area contributed by atoms with Crippen LogP contribution in [0, 0.1) is 5.92 Å². The summed E-state index contributed by atoms with van der Waals surface area (Å²) in [5.41, 5.74) is 6.72. The van der Waals surface area contributed by atoms with Gasteiger partial charge in [0.15, 0.2) is 11.2 Å². The van der Waals surface area contributed by atoms with Gasteiger partial charge in [0.05, 0.1) is 6.16 Å². The van der Waals surface area contributed by atoms with E-state index in [1.807, 2.05) is 0 Å². The minimum absolute atomic E-state index is 0.0153. The first-order valence-corrected chi connectivity index (χ1v) is 8.11. The molecule has 1 aliphatic rings. The average Bonchev–Trinajstić information content (AvgIpc) is 2.98. The SMILES string of the molecule is Nc1nc2c(ncn2/C=C2\CC2CCP(=O)(O)O)c(=O)[nH]1. The standard InChI is InChI=1S/C11H14N5O4P/c12-11-14-9-8(10(17)15-11)13-5-16(9)4-7-3-6(7)1-2-21(18,19)20/h4-6H,1-3H2,(H2,18,19,20)(H3,12,14,15,17)/b7-4+. The van der Waals surface area contributed by atoms with Crippen molar-refractivity contribution >= 4 is 30.9 Å². The molecule has 1 atom stereocenters. The molecule has 0 aliphatic heterocycles. The van der Waals surface area contributed by atoms with E-state index in [0.29, 0.717) is 12.1 Å². The van der Waals surface area contributed by atoms with Crippen molar-refractivity contribution in [2.75, 3.05) is 11.9 Å². The van der Waals surface area contributed by atoms with Crippen molar-refractivity contribution in [3.63, 3.8) is 0 Å². The molecular formula is C11H14N5O4P. The maximum absolute atomic E-state index is 11.6. The second-order valence-electron chi connectivity index (χ2n) is 5.06. The number of hydrogen-bond donors (Lipinski definition) is 4. The summed E-state index contributed by atoms with van der Waals surface area (Å²) in [6.07, 6.45) is 4.35. The lowest BCUT2D eigenvalue weighted by Crippen LogP contribution is -2.11. The Kier molecular flexibility index (Phi) is 3.20. The van der Waals surface area contributed by atoms with E-state index in [4.69, 9.17) is 15.5 Å². The summed E-state index contributed by atoms with van der Waals surface area (Å²) >= 11 is 0. The Bertz CT molecular complexity index is 833. The van der Waals surface area contributed by atoms with Gasteiger partial charge in [0.1, 0.15) is 6.33 Å². The predicted molar refractivity (Wildman–Crippen MR) is 76.5 cm³/mol. The molecule has 0 aromatic carbocycles. The molecule has 5 N–H and O–H groups in total. The van der Waals surface area contributed by atoms with Crippen LogP contribution < -0.4 is 11.3 Å². The molecule has 0 spiro atoms. The molecule has 0 radical (unpaired) electrons. The number of imidazole rings is 1.